The minimum absolute atomic E-state index is 0.331. The number of benzene rings is 2. The fourth-order valence-electron chi connectivity index (χ4n) is 2.37. The van der Waals surface area contributed by atoms with Gasteiger partial charge in [0.2, 0.25) is 0 Å². The van der Waals surface area contributed by atoms with Crippen LogP contribution in [0, 0.1) is 29.6 Å². The summed E-state index contributed by atoms with van der Waals surface area (Å²) < 4.78 is 0. The third kappa shape index (κ3) is 2.79. The molecule has 5 heteroatoms. The number of aliphatic hydroxyl groups excluding tert-OH is 1. The summed E-state index contributed by atoms with van der Waals surface area (Å²) in [5.74, 6) is 0.227. The maximum atomic E-state index is 10.1. The van der Waals surface area contributed by atoms with Crippen molar-refractivity contribution in [2.75, 3.05) is 0 Å². The van der Waals surface area contributed by atoms with Crippen LogP contribution in [0.1, 0.15) is 11.1 Å². The number of aromatic nitrogens is 2. The van der Waals surface area contributed by atoms with E-state index in [9.17, 15) is 5.11 Å². The molecule has 0 bridgehead atoms. The highest BCUT2D eigenvalue weighted by Crippen LogP contribution is 2.23. The van der Waals surface area contributed by atoms with Gasteiger partial charge in [-0.3, -0.25) is 0 Å². The van der Waals surface area contributed by atoms with Gasteiger partial charge in [0.1, 0.15) is 12.1 Å². The molecule has 0 aliphatic heterocycles. The lowest BCUT2D eigenvalue weighted by Crippen LogP contribution is -1.93. The van der Waals surface area contributed by atoms with Crippen molar-refractivity contribution in [1.29, 1.82) is 10.5 Å². The van der Waals surface area contributed by atoms with Gasteiger partial charge in [-0.2, -0.15) is 10.5 Å². The second-order valence-corrected chi connectivity index (χ2v) is 5.28. The number of rotatable bonds is 2. The number of nitrogens with zero attached hydrogens (tertiary/aromatic N) is 4. The topological polar surface area (TPSA) is 93.6 Å². The summed E-state index contributed by atoms with van der Waals surface area (Å²) in [5.41, 5.74) is 2.67. The lowest BCUT2D eigenvalue weighted by atomic mass is 10.1. The van der Waals surface area contributed by atoms with E-state index in [1.54, 1.807) is 36.5 Å². The Labute approximate surface area is 138 Å². The minimum atomic E-state index is -0.349. The maximum absolute atomic E-state index is 10.1. The summed E-state index contributed by atoms with van der Waals surface area (Å²) in [6.45, 7) is 2.00. The van der Waals surface area contributed by atoms with Gasteiger partial charge in [-0.15, -0.1) is 0 Å². The van der Waals surface area contributed by atoms with E-state index in [1.165, 1.54) is 0 Å². The van der Waals surface area contributed by atoms with Crippen LogP contribution in [-0.4, -0.2) is 15.1 Å². The predicted octanol–water partition coefficient (Wildman–Crippen LogP) is 3.92. The molecule has 1 N–H and O–H groups in total. The quantitative estimate of drug-likeness (QED) is 0.571. The molecular formula is C19H12N4O. The van der Waals surface area contributed by atoms with Gasteiger partial charge < -0.3 is 5.11 Å². The number of aliphatic hydroxyl groups is 1. The molecule has 3 aromatic rings. The first-order valence-electron chi connectivity index (χ1n) is 7.20. The number of allylic oxidation sites excluding steroid dienone is 1. The van der Waals surface area contributed by atoms with Gasteiger partial charge in [-0.25, -0.2) is 9.97 Å². The van der Waals surface area contributed by atoms with Crippen LogP contribution in [0.2, 0.25) is 0 Å². The third-order valence-electron chi connectivity index (χ3n) is 3.59. The van der Waals surface area contributed by atoms with Crippen molar-refractivity contribution < 1.29 is 5.11 Å². The second kappa shape index (κ2) is 6.20. The molecular weight excluding hydrogens is 300 g/mol. The van der Waals surface area contributed by atoms with E-state index in [-0.39, 0.29) is 11.3 Å². The number of aryl methyl sites for hydroxylation is 1. The first-order valence-corrected chi connectivity index (χ1v) is 7.20. The molecule has 0 saturated carbocycles. The zero-order valence-electron chi connectivity index (χ0n) is 12.9. The number of nitriles is 2. The molecule has 0 fully saturated rings. The van der Waals surface area contributed by atoms with E-state index < -0.39 is 0 Å². The Kier molecular flexibility index (Phi) is 3.93. The molecule has 2 aromatic carbocycles. The highest BCUT2D eigenvalue weighted by atomic mass is 16.3. The summed E-state index contributed by atoms with van der Waals surface area (Å²) in [6, 6.07) is 16.2. The summed E-state index contributed by atoms with van der Waals surface area (Å²) >= 11 is 0. The van der Waals surface area contributed by atoms with Crippen molar-refractivity contribution in [2.45, 2.75) is 6.92 Å². The van der Waals surface area contributed by atoms with Gasteiger partial charge >= 0.3 is 0 Å². The average molecular weight is 312 g/mol. The molecule has 1 heterocycles. The van der Waals surface area contributed by atoms with Crippen LogP contribution in [0.4, 0.5) is 0 Å². The minimum Gasteiger partial charge on any atom is -0.505 e. The van der Waals surface area contributed by atoms with E-state index in [0.717, 1.165) is 16.5 Å². The molecule has 0 unspecified atom stereocenters. The molecule has 0 aliphatic carbocycles. The molecule has 0 radical (unpaired) electrons. The highest BCUT2D eigenvalue weighted by Gasteiger charge is 2.10. The first kappa shape index (κ1) is 15.2. The Morgan fingerprint density at radius 2 is 1.88 bits per heavy atom. The van der Waals surface area contributed by atoms with Gasteiger partial charge in [0.25, 0.3) is 0 Å². The van der Waals surface area contributed by atoms with E-state index in [2.05, 4.69) is 9.97 Å². The lowest BCUT2D eigenvalue weighted by Gasteiger charge is -2.05. The fourth-order valence-corrected chi connectivity index (χ4v) is 2.37. The summed E-state index contributed by atoms with van der Waals surface area (Å²) in [7, 11) is 0. The summed E-state index contributed by atoms with van der Waals surface area (Å²) in [5, 5.41) is 28.6. The van der Waals surface area contributed by atoms with Gasteiger partial charge in [0.05, 0.1) is 5.52 Å². The maximum Gasteiger partial charge on any atom is 0.171 e. The molecule has 3 rings (SSSR count). The molecule has 114 valence electrons. The second-order valence-electron chi connectivity index (χ2n) is 5.28. The molecule has 24 heavy (non-hydrogen) atoms. The molecule has 1 aromatic heterocycles. The molecule has 5 nitrogen and oxygen atoms in total. The van der Waals surface area contributed by atoms with Crippen molar-refractivity contribution in [1.82, 2.24) is 9.97 Å². The molecule has 0 saturated heterocycles. The van der Waals surface area contributed by atoms with Crippen LogP contribution in [0.15, 0.2) is 54.2 Å². The van der Waals surface area contributed by atoms with E-state index in [1.807, 2.05) is 31.2 Å². The highest BCUT2D eigenvalue weighted by molar-refractivity contribution is 5.84. The van der Waals surface area contributed by atoms with Crippen LogP contribution in [-0.2, 0) is 0 Å². The Hall–Kier alpha value is -3.70. The molecule has 0 atom stereocenters. The largest absolute Gasteiger partial charge is 0.505 e. The van der Waals surface area contributed by atoms with Crippen LogP contribution >= 0.6 is 0 Å². The third-order valence-corrected chi connectivity index (χ3v) is 3.59. The van der Waals surface area contributed by atoms with Gasteiger partial charge in [0.15, 0.2) is 17.2 Å². The lowest BCUT2D eigenvalue weighted by molar-refractivity contribution is 0.510. The monoisotopic (exact) mass is 312 g/mol. The number of fused-ring (bicyclic) bond motifs is 1. The summed E-state index contributed by atoms with van der Waals surface area (Å²) in [4.78, 5) is 8.90. The first-order chi connectivity index (χ1) is 11.6. The average Bonchev–Trinajstić information content (AvgIpc) is 2.61. The van der Waals surface area contributed by atoms with Crippen LogP contribution < -0.4 is 0 Å². The smallest absolute Gasteiger partial charge is 0.171 e. The van der Waals surface area contributed by atoms with Gasteiger partial charge in [-0.1, -0.05) is 35.9 Å². The van der Waals surface area contributed by atoms with Crippen molar-refractivity contribution >= 4 is 16.7 Å². The number of hydrogen-bond donors (Lipinski definition) is 1. The molecule has 0 aliphatic rings. The zero-order chi connectivity index (χ0) is 17.1. The Morgan fingerprint density at radius 3 is 2.58 bits per heavy atom. The van der Waals surface area contributed by atoms with Gasteiger partial charge in [0, 0.05) is 22.7 Å². The van der Waals surface area contributed by atoms with E-state index in [4.69, 9.17) is 10.5 Å². The van der Waals surface area contributed by atoms with Crippen molar-refractivity contribution in [3.63, 3.8) is 0 Å². The van der Waals surface area contributed by atoms with Crippen LogP contribution in [0.3, 0.4) is 0 Å². The standard InChI is InChI=1S/C19H12N4O/c1-12-3-2-4-14(7-12)19-22-11-15-6-5-13(8-17(15)23-19)18(24)16(9-20)10-21/h2-8,11,24H,1H3. The SMILES string of the molecule is Cc1cccc(-c2ncc3ccc(C(O)=C(C#N)C#N)cc3n2)c1. The predicted molar refractivity (Wildman–Crippen MR) is 90.5 cm³/mol. The van der Waals surface area contributed by atoms with Crippen molar-refractivity contribution in [2.24, 2.45) is 0 Å². The molecule has 0 spiro atoms. The Bertz CT molecular complexity index is 1040. The normalized spacial score (nSPS) is 9.96. The van der Waals surface area contributed by atoms with Crippen LogP contribution in [0.25, 0.3) is 28.0 Å². The van der Waals surface area contributed by atoms with E-state index >= 15 is 0 Å². The van der Waals surface area contributed by atoms with Gasteiger partial charge in [-0.05, 0) is 19.1 Å². The van der Waals surface area contributed by atoms with Crippen LogP contribution in [0.5, 0.6) is 0 Å². The zero-order valence-corrected chi connectivity index (χ0v) is 12.9. The van der Waals surface area contributed by atoms with Crippen molar-refractivity contribution in [3.8, 4) is 23.5 Å². The Balaban J connectivity index is 2.15. The number of hydrogen-bond acceptors (Lipinski definition) is 5. The van der Waals surface area contributed by atoms with Crippen molar-refractivity contribution in [3.05, 3.63) is 65.4 Å². The fraction of sp³-hybridized carbons (Fsp3) is 0.0526. The summed E-state index contributed by atoms with van der Waals surface area (Å²) in [6.07, 6.45) is 1.71. The Morgan fingerprint density at radius 1 is 1.08 bits per heavy atom. The van der Waals surface area contributed by atoms with E-state index in [0.29, 0.717) is 16.9 Å². The molecule has 0 amide bonds.